The van der Waals surface area contributed by atoms with Crippen molar-refractivity contribution in [3.63, 3.8) is 0 Å². The molecule has 1 N–H and O–H groups in total. The van der Waals surface area contributed by atoms with E-state index in [2.05, 4.69) is 25.0 Å². The van der Waals surface area contributed by atoms with E-state index in [9.17, 15) is 22.8 Å². The molecule has 0 spiro atoms. The van der Waals surface area contributed by atoms with Crippen LogP contribution in [0.15, 0.2) is 32.4 Å². The van der Waals surface area contributed by atoms with Gasteiger partial charge in [0, 0.05) is 24.8 Å². The zero-order valence-electron chi connectivity index (χ0n) is 14.8. The lowest BCUT2D eigenvalue weighted by atomic mass is 10.1. The van der Waals surface area contributed by atoms with Gasteiger partial charge in [0.15, 0.2) is 0 Å². The highest BCUT2D eigenvalue weighted by atomic mass is 19.4. The third-order valence-corrected chi connectivity index (χ3v) is 4.41. The number of alkyl halides is 3. The Bertz CT molecular complexity index is 1080. The topological polar surface area (TPSA) is 110 Å². The van der Waals surface area contributed by atoms with Gasteiger partial charge in [0.1, 0.15) is 11.4 Å². The van der Waals surface area contributed by atoms with E-state index in [4.69, 9.17) is 4.74 Å². The lowest BCUT2D eigenvalue weighted by Crippen LogP contribution is -2.46. The molecule has 3 aromatic rings. The molecule has 0 atom stereocenters. The van der Waals surface area contributed by atoms with Gasteiger partial charge in [-0.25, -0.2) is 0 Å². The van der Waals surface area contributed by atoms with Crippen molar-refractivity contribution in [2.24, 2.45) is 0 Å². The van der Waals surface area contributed by atoms with Gasteiger partial charge in [-0.2, -0.15) is 18.2 Å². The van der Waals surface area contributed by atoms with Crippen molar-refractivity contribution in [3.8, 4) is 11.4 Å². The van der Waals surface area contributed by atoms with Gasteiger partial charge in [0.2, 0.25) is 5.82 Å². The van der Waals surface area contributed by atoms with Crippen molar-refractivity contribution in [1.29, 1.82) is 0 Å². The van der Waals surface area contributed by atoms with Crippen LogP contribution in [0.4, 0.5) is 24.5 Å². The van der Waals surface area contributed by atoms with Crippen LogP contribution in [0.2, 0.25) is 0 Å². The Hall–Kier alpha value is -3.28. The minimum absolute atomic E-state index is 0.155. The molecule has 0 aliphatic carbocycles. The molecule has 3 heterocycles. The minimum atomic E-state index is -4.72. The Morgan fingerprint density at radius 2 is 1.90 bits per heavy atom. The van der Waals surface area contributed by atoms with Crippen LogP contribution < -0.4 is 21.1 Å². The van der Waals surface area contributed by atoms with Crippen molar-refractivity contribution in [3.05, 3.63) is 50.4 Å². The second-order valence-corrected chi connectivity index (χ2v) is 6.29. The summed E-state index contributed by atoms with van der Waals surface area (Å²) in [6.07, 6.45) is -3.42. The molecule has 0 amide bonds. The van der Waals surface area contributed by atoms with Crippen LogP contribution in [0.1, 0.15) is 11.6 Å². The lowest BCUT2D eigenvalue weighted by Gasteiger charge is -2.30. The van der Waals surface area contributed by atoms with Crippen molar-refractivity contribution in [1.82, 2.24) is 15.1 Å². The quantitative estimate of drug-likeness (QED) is 0.622. The molecule has 0 unspecified atom stereocenters. The summed E-state index contributed by atoms with van der Waals surface area (Å²) in [5, 5.41) is 6.20. The smallest absolute Gasteiger partial charge is 0.378 e. The molecule has 0 radical (unpaired) electrons. The van der Waals surface area contributed by atoms with E-state index in [0.717, 1.165) is 0 Å². The first-order valence-electron chi connectivity index (χ1n) is 8.60. The Morgan fingerprint density at radius 3 is 2.52 bits per heavy atom. The van der Waals surface area contributed by atoms with E-state index in [0.29, 0.717) is 37.7 Å². The first-order chi connectivity index (χ1) is 13.8. The number of halogens is 3. The average molecular weight is 409 g/mol. The third kappa shape index (κ3) is 3.70. The van der Waals surface area contributed by atoms with Crippen LogP contribution in [0, 0.1) is 0 Å². The van der Waals surface area contributed by atoms with Crippen LogP contribution in [-0.4, -0.2) is 41.4 Å². The zero-order valence-corrected chi connectivity index (χ0v) is 14.8. The maximum Gasteiger partial charge on any atom is 0.471 e. The summed E-state index contributed by atoms with van der Waals surface area (Å²) in [6.45, 7) is 2.16. The van der Waals surface area contributed by atoms with E-state index < -0.39 is 22.9 Å². The fraction of sp³-hybridized carbons (Fsp3) is 0.353. The molecule has 9 nitrogen and oxygen atoms in total. The summed E-state index contributed by atoms with van der Waals surface area (Å²) in [7, 11) is 0. The van der Waals surface area contributed by atoms with Crippen LogP contribution in [-0.2, 0) is 17.5 Å². The predicted molar refractivity (Wildman–Crippen MR) is 94.2 cm³/mol. The van der Waals surface area contributed by atoms with Gasteiger partial charge in [-0.05, 0) is 12.1 Å². The number of hydrogen-bond acceptors (Lipinski definition) is 9. The zero-order chi connectivity index (χ0) is 20.6. The fourth-order valence-corrected chi connectivity index (χ4v) is 2.93. The molecule has 0 saturated carbocycles. The molecule has 29 heavy (non-hydrogen) atoms. The number of pyridine rings is 1. The highest BCUT2D eigenvalue weighted by Gasteiger charge is 2.38. The molecule has 1 aliphatic heterocycles. The molecule has 1 aromatic carbocycles. The first-order valence-corrected chi connectivity index (χ1v) is 8.60. The Balaban J connectivity index is 1.44. The monoisotopic (exact) mass is 409 g/mol. The minimum Gasteiger partial charge on any atom is -0.378 e. The summed E-state index contributed by atoms with van der Waals surface area (Å²) >= 11 is 0. The lowest BCUT2D eigenvalue weighted by molar-refractivity contribution is -0.159. The molecular formula is C17H14F3N5O4. The SMILES string of the molecule is O=c1c(NCc2ccc(-c3noc(C(F)(F)F)n3)cn2)c(N2CCOCC2)c1=O. The van der Waals surface area contributed by atoms with Crippen molar-refractivity contribution >= 4 is 11.4 Å². The fourth-order valence-electron chi connectivity index (χ4n) is 2.93. The molecule has 1 aliphatic rings. The van der Waals surface area contributed by atoms with Gasteiger partial charge in [-0.15, -0.1) is 0 Å². The molecular weight excluding hydrogens is 395 g/mol. The standard InChI is InChI=1S/C17H14F3N5O4/c18-17(19,20)16-23-15(24-29-16)9-1-2-10(21-7-9)8-22-11-12(14(27)13(11)26)25-3-5-28-6-4-25/h1-2,7,22H,3-6,8H2. The second kappa shape index (κ2) is 7.28. The number of morpholine rings is 1. The summed E-state index contributed by atoms with van der Waals surface area (Å²) in [5.74, 6) is -1.67. The van der Waals surface area contributed by atoms with E-state index in [1.807, 2.05) is 0 Å². The van der Waals surface area contributed by atoms with Crippen molar-refractivity contribution in [2.75, 3.05) is 36.5 Å². The summed E-state index contributed by atoms with van der Waals surface area (Å²) in [5.41, 5.74) is 0.215. The third-order valence-electron chi connectivity index (χ3n) is 4.41. The van der Waals surface area contributed by atoms with Crippen LogP contribution in [0.25, 0.3) is 11.4 Å². The number of anilines is 2. The van der Waals surface area contributed by atoms with Crippen molar-refractivity contribution in [2.45, 2.75) is 12.7 Å². The molecule has 1 saturated heterocycles. The van der Waals surface area contributed by atoms with Crippen LogP contribution in [0.3, 0.4) is 0 Å². The molecule has 152 valence electrons. The predicted octanol–water partition coefficient (Wildman–Crippen LogP) is 1.20. The number of nitrogens with zero attached hydrogens (tertiary/aromatic N) is 4. The molecule has 4 rings (SSSR count). The van der Waals surface area contributed by atoms with Gasteiger partial charge in [-0.3, -0.25) is 14.6 Å². The summed E-state index contributed by atoms with van der Waals surface area (Å²) in [4.78, 5) is 33.0. The largest absolute Gasteiger partial charge is 0.471 e. The average Bonchev–Trinajstić information content (AvgIpc) is 3.22. The van der Waals surface area contributed by atoms with E-state index in [1.54, 1.807) is 11.0 Å². The number of nitrogens with one attached hydrogen (secondary N) is 1. The summed E-state index contributed by atoms with van der Waals surface area (Å²) < 4.78 is 47.0. The summed E-state index contributed by atoms with van der Waals surface area (Å²) in [6, 6.07) is 3.03. The molecule has 2 aromatic heterocycles. The molecule has 1 fully saturated rings. The van der Waals surface area contributed by atoms with E-state index >= 15 is 0 Å². The molecule has 0 bridgehead atoms. The maximum atomic E-state index is 12.5. The van der Waals surface area contributed by atoms with Crippen LogP contribution in [0.5, 0.6) is 0 Å². The van der Waals surface area contributed by atoms with Crippen LogP contribution >= 0.6 is 0 Å². The number of rotatable bonds is 5. The van der Waals surface area contributed by atoms with Gasteiger partial charge < -0.3 is 19.5 Å². The molecule has 12 heteroatoms. The van der Waals surface area contributed by atoms with Gasteiger partial charge in [0.05, 0.1) is 25.5 Å². The number of hydrogen-bond donors (Lipinski definition) is 1. The first kappa shape index (κ1) is 19.1. The Labute approximate surface area is 160 Å². The van der Waals surface area contributed by atoms with Gasteiger partial charge in [-0.1, -0.05) is 5.16 Å². The van der Waals surface area contributed by atoms with Gasteiger partial charge >= 0.3 is 12.1 Å². The van der Waals surface area contributed by atoms with E-state index in [1.165, 1.54) is 12.3 Å². The number of aromatic nitrogens is 3. The number of ether oxygens (including phenoxy) is 1. The highest BCUT2D eigenvalue weighted by Crippen LogP contribution is 2.29. The highest BCUT2D eigenvalue weighted by molar-refractivity contribution is 5.75. The normalized spacial score (nSPS) is 15.1. The maximum absolute atomic E-state index is 12.5. The van der Waals surface area contributed by atoms with Crippen molar-refractivity contribution < 1.29 is 22.4 Å². The second-order valence-electron chi connectivity index (χ2n) is 6.29. The van der Waals surface area contributed by atoms with E-state index in [-0.39, 0.29) is 23.6 Å². The van der Waals surface area contributed by atoms with Gasteiger partial charge in [0.25, 0.3) is 10.9 Å². The Kier molecular flexibility index (Phi) is 4.78. The Morgan fingerprint density at radius 1 is 1.14 bits per heavy atom.